The second-order valence-corrected chi connectivity index (χ2v) is 16.1. The molecule has 10 heteroatoms. The van der Waals surface area contributed by atoms with Gasteiger partial charge < -0.3 is 19.8 Å². The first-order valence-electron chi connectivity index (χ1n) is 19.9. The number of imide groups is 1. The lowest BCUT2D eigenvalue weighted by atomic mass is 9.69. The monoisotopic (exact) mass is 741 g/mol. The number of carbonyl (C=O) groups excluding carboxylic acids is 3. The minimum Gasteiger partial charge on any atom is -0.508 e. The molecule has 0 bridgehead atoms. The Kier molecular flexibility index (Phi) is 9.54. The zero-order chi connectivity index (χ0) is 37.6. The minimum atomic E-state index is -0.605. The highest BCUT2D eigenvalue weighted by atomic mass is 19.1. The molecule has 3 amide bonds. The highest BCUT2D eigenvalue weighted by Gasteiger charge is 2.39. The summed E-state index contributed by atoms with van der Waals surface area (Å²) in [6.45, 7) is 6.82. The van der Waals surface area contributed by atoms with Gasteiger partial charge >= 0.3 is 0 Å². The number of amides is 3. The third-order valence-electron chi connectivity index (χ3n) is 12.9. The number of rotatable bonds is 7. The molecule has 4 heterocycles. The number of piperidine rings is 2. The molecule has 3 saturated heterocycles. The number of fused-ring (bicyclic) bond motifs is 2. The molecule has 284 valence electrons. The molecule has 4 aromatic carbocycles. The molecule has 9 rings (SSSR count). The van der Waals surface area contributed by atoms with Crippen molar-refractivity contribution in [2.45, 2.75) is 62.9 Å². The first-order valence-corrected chi connectivity index (χ1v) is 19.9. The summed E-state index contributed by atoms with van der Waals surface area (Å²) in [5, 5.41) is 12.6. The number of aryl methyl sites for hydroxylation is 1. The van der Waals surface area contributed by atoms with Crippen LogP contribution in [0, 0.1) is 11.7 Å². The molecule has 3 atom stereocenters. The summed E-state index contributed by atoms with van der Waals surface area (Å²) in [5.74, 6) is 0.125. The number of nitrogens with zero attached hydrogens (tertiary/aromatic N) is 4. The number of hydrogen-bond donors (Lipinski definition) is 2. The minimum absolute atomic E-state index is 0.0174. The van der Waals surface area contributed by atoms with Crippen molar-refractivity contribution in [2.75, 3.05) is 55.6 Å². The van der Waals surface area contributed by atoms with Gasteiger partial charge in [-0.2, -0.15) is 0 Å². The van der Waals surface area contributed by atoms with Crippen LogP contribution < -0.4 is 15.1 Å². The van der Waals surface area contributed by atoms with Crippen LogP contribution in [0.5, 0.6) is 5.75 Å². The van der Waals surface area contributed by atoms with Crippen molar-refractivity contribution >= 4 is 29.1 Å². The van der Waals surface area contributed by atoms with Gasteiger partial charge in [-0.25, -0.2) is 4.39 Å². The number of benzene rings is 4. The molecule has 4 aliphatic heterocycles. The summed E-state index contributed by atoms with van der Waals surface area (Å²) in [4.78, 5) is 46.0. The van der Waals surface area contributed by atoms with Crippen molar-refractivity contribution in [1.29, 1.82) is 0 Å². The Morgan fingerprint density at radius 3 is 2.29 bits per heavy atom. The van der Waals surface area contributed by atoms with Crippen LogP contribution in [0.3, 0.4) is 0 Å². The van der Waals surface area contributed by atoms with Crippen LogP contribution in [0.4, 0.5) is 15.8 Å². The second-order valence-electron chi connectivity index (χ2n) is 16.1. The molecule has 4 aromatic rings. The molecule has 1 aliphatic carbocycles. The van der Waals surface area contributed by atoms with E-state index >= 15 is 4.39 Å². The summed E-state index contributed by atoms with van der Waals surface area (Å²) in [7, 11) is 0. The van der Waals surface area contributed by atoms with Crippen molar-refractivity contribution < 1.29 is 23.9 Å². The van der Waals surface area contributed by atoms with Crippen molar-refractivity contribution in [3.63, 3.8) is 0 Å². The SMILES string of the molecule is O=C1CCC(N2Cc3cc(N4CCN(CC5CCN(c6ccc([C@@H]7c8ccc(O)cc8CC[C@@H]7c7ccccc7)cc6F)CC5)CC4)ccc3C2=O)C(=O)N1. The summed E-state index contributed by atoms with van der Waals surface area (Å²) in [5.41, 5.74) is 7.93. The van der Waals surface area contributed by atoms with Crippen LogP contribution in [0.15, 0.2) is 84.9 Å². The van der Waals surface area contributed by atoms with Gasteiger partial charge in [-0.15, -0.1) is 0 Å². The molecule has 0 saturated carbocycles. The molecule has 9 nitrogen and oxygen atoms in total. The van der Waals surface area contributed by atoms with E-state index in [1.165, 1.54) is 11.1 Å². The van der Waals surface area contributed by atoms with E-state index in [1.54, 1.807) is 17.0 Å². The average molecular weight is 742 g/mol. The molecular formula is C45H48FN5O4. The summed E-state index contributed by atoms with van der Waals surface area (Å²) in [6.07, 6.45) is 4.50. The molecular weight excluding hydrogens is 694 g/mol. The highest BCUT2D eigenvalue weighted by molar-refractivity contribution is 6.05. The quantitative estimate of drug-likeness (QED) is 0.218. The van der Waals surface area contributed by atoms with Gasteiger partial charge in [-0.05, 0) is 114 Å². The molecule has 0 radical (unpaired) electrons. The Hall–Kier alpha value is -5.22. The first kappa shape index (κ1) is 35.5. The Morgan fingerprint density at radius 1 is 0.727 bits per heavy atom. The molecule has 0 spiro atoms. The predicted octanol–water partition coefficient (Wildman–Crippen LogP) is 6.19. The van der Waals surface area contributed by atoms with Gasteiger partial charge in [0.1, 0.15) is 17.6 Å². The van der Waals surface area contributed by atoms with Crippen LogP contribution in [0.1, 0.15) is 82.1 Å². The lowest BCUT2D eigenvalue weighted by molar-refractivity contribution is -0.136. The Balaban J connectivity index is 0.795. The standard InChI is InChI=1S/C45H48FN5O4/c46-39-26-32(43-36(30-4-2-1-3-5-30)10-6-31-25-35(52)9-12-37(31)43)7-13-40(39)50-18-16-29(17-19-50)27-48-20-22-49(23-21-48)34-8-11-38-33(24-34)28-51(45(38)55)41-14-15-42(53)47-44(41)54/h1-5,7-9,11-13,24-26,29,36,41,43,52H,6,10,14-23,27-28H2,(H,47,53,54)/t36-,41?,43+/m1/s1. The number of piperazine rings is 1. The summed E-state index contributed by atoms with van der Waals surface area (Å²) in [6, 6.07) is 27.5. The zero-order valence-electron chi connectivity index (χ0n) is 31.1. The van der Waals surface area contributed by atoms with E-state index in [0.29, 0.717) is 30.1 Å². The van der Waals surface area contributed by atoms with E-state index < -0.39 is 6.04 Å². The number of halogens is 1. The number of phenolic OH excluding ortho intramolecular Hbond substituents is 1. The smallest absolute Gasteiger partial charge is 0.255 e. The predicted molar refractivity (Wildman–Crippen MR) is 210 cm³/mol. The zero-order valence-corrected chi connectivity index (χ0v) is 31.1. The topological polar surface area (TPSA) is 96.4 Å². The van der Waals surface area contributed by atoms with E-state index in [0.717, 1.165) is 93.9 Å². The number of carbonyl (C=O) groups is 3. The fraction of sp³-hybridized carbons (Fsp3) is 0.400. The van der Waals surface area contributed by atoms with Gasteiger partial charge in [-0.1, -0.05) is 42.5 Å². The molecule has 0 aromatic heterocycles. The maximum Gasteiger partial charge on any atom is 0.255 e. The van der Waals surface area contributed by atoms with E-state index in [9.17, 15) is 19.5 Å². The Morgan fingerprint density at radius 2 is 1.53 bits per heavy atom. The van der Waals surface area contributed by atoms with Gasteiger partial charge in [0.05, 0.1) is 5.69 Å². The number of anilines is 2. The van der Waals surface area contributed by atoms with Gasteiger partial charge in [-0.3, -0.25) is 24.6 Å². The summed E-state index contributed by atoms with van der Waals surface area (Å²) >= 11 is 0. The van der Waals surface area contributed by atoms with Crippen molar-refractivity contribution in [1.82, 2.24) is 15.1 Å². The van der Waals surface area contributed by atoms with Crippen molar-refractivity contribution in [3.05, 3.63) is 124 Å². The highest BCUT2D eigenvalue weighted by Crippen LogP contribution is 2.47. The van der Waals surface area contributed by atoms with Crippen LogP contribution in [0.2, 0.25) is 0 Å². The lowest BCUT2D eigenvalue weighted by Gasteiger charge is -2.40. The van der Waals surface area contributed by atoms with Gasteiger partial charge in [0.25, 0.3) is 5.91 Å². The van der Waals surface area contributed by atoms with Crippen molar-refractivity contribution in [3.8, 4) is 5.75 Å². The van der Waals surface area contributed by atoms with E-state index in [4.69, 9.17) is 0 Å². The third-order valence-corrected chi connectivity index (χ3v) is 12.9. The molecule has 3 fully saturated rings. The van der Waals surface area contributed by atoms with Gasteiger partial charge in [0.2, 0.25) is 11.8 Å². The molecule has 1 unspecified atom stereocenters. The molecule has 5 aliphatic rings. The van der Waals surface area contributed by atoms with Gasteiger partial charge in [0, 0.05) is 75.9 Å². The Labute approximate surface area is 321 Å². The number of hydrogen-bond acceptors (Lipinski definition) is 7. The number of phenols is 1. The number of nitrogens with one attached hydrogen (secondary N) is 1. The first-order chi connectivity index (χ1) is 26.8. The largest absolute Gasteiger partial charge is 0.508 e. The number of aromatic hydroxyl groups is 1. The normalized spacial score (nSPS) is 23.5. The van der Waals surface area contributed by atoms with Crippen LogP contribution in [0.25, 0.3) is 0 Å². The van der Waals surface area contributed by atoms with Crippen LogP contribution in [-0.4, -0.2) is 84.5 Å². The molecule has 55 heavy (non-hydrogen) atoms. The second kappa shape index (κ2) is 14.8. The summed E-state index contributed by atoms with van der Waals surface area (Å²) < 4.78 is 16.1. The van der Waals surface area contributed by atoms with Gasteiger partial charge in [0.15, 0.2) is 0 Å². The fourth-order valence-corrected chi connectivity index (χ4v) is 9.92. The molecule has 2 N–H and O–H groups in total. The van der Waals surface area contributed by atoms with E-state index in [2.05, 4.69) is 56.4 Å². The van der Waals surface area contributed by atoms with Crippen molar-refractivity contribution in [2.24, 2.45) is 5.92 Å². The maximum absolute atomic E-state index is 16.1. The Bertz CT molecular complexity index is 2110. The van der Waals surface area contributed by atoms with E-state index in [-0.39, 0.29) is 47.5 Å². The van der Waals surface area contributed by atoms with Crippen LogP contribution >= 0.6 is 0 Å². The van der Waals surface area contributed by atoms with E-state index in [1.807, 2.05) is 36.4 Å². The average Bonchev–Trinajstić information content (AvgIpc) is 3.53. The maximum atomic E-state index is 16.1. The lowest BCUT2D eigenvalue weighted by Crippen LogP contribution is -2.52. The van der Waals surface area contributed by atoms with Crippen LogP contribution in [-0.2, 0) is 22.6 Å². The fourth-order valence-electron chi connectivity index (χ4n) is 9.92. The third kappa shape index (κ3) is 6.97.